The first-order chi connectivity index (χ1) is 15.4. The lowest BCUT2D eigenvalue weighted by Gasteiger charge is -2.27. The van der Waals surface area contributed by atoms with E-state index in [0.29, 0.717) is 23.7 Å². The van der Waals surface area contributed by atoms with Crippen molar-refractivity contribution in [3.05, 3.63) is 47.9 Å². The Kier molecular flexibility index (Phi) is 8.54. The van der Waals surface area contributed by atoms with Crippen LogP contribution >= 0.6 is 0 Å². The number of benzene rings is 1. The van der Waals surface area contributed by atoms with E-state index >= 15 is 0 Å². The number of ether oxygens (including phenoxy) is 3. The third kappa shape index (κ3) is 6.47. The predicted octanol–water partition coefficient (Wildman–Crippen LogP) is 2.62. The molecule has 1 amide bonds. The van der Waals surface area contributed by atoms with Crippen LogP contribution in [-0.2, 0) is 32.6 Å². The lowest BCUT2D eigenvalue weighted by molar-refractivity contribution is -0.133. The van der Waals surface area contributed by atoms with Gasteiger partial charge in [0.05, 0.1) is 31.7 Å². The van der Waals surface area contributed by atoms with Crippen LogP contribution in [0.15, 0.2) is 41.0 Å². The van der Waals surface area contributed by atoms with E-state index in [0.717, 1.165) is 12.0 Å². The van der Waals surface area contributed by atoms with E-state index in [1.807, 2.05) is 19.1 Å². The van der Waals surface area contributed by atoms with E-state index < -0.39 is 10.0 Å². The highest BCUT2D eigenvalue weighted by Crippen LogP contribution is 2.33. The Morgan fingerprint density at radius 2 is 1.97 bits per heavy atom. The molecule has 0 saturated heterocycles. The predicted molar refractivity (Wildman–Crippen MR) is 118 cm³/mol. The third-order valence-corrected chi connectivity index (χ3v) is 7.00. The van der Waals surface area contributed by atoms with Crippen molar-refractivity contribution in [3.8, 4) is 11.5 Å². The molecule has 1 aromatic heterocycles. The fraction of sp³-hybridized carbons (Fsp3) is 0.500. The Bertz CT molecular complexity index is 976. The van der Waals surface area contributed by atoms with Crippen molar-refractivity contribution in [2.75, 3.05) is 39.4 Å². The molecule has 2 heterocycles. The van der Waals surface area contributed by atoms with Gasteiger partial charge in [0, 0.05) is 20.2 Å². The number of methoxy groups -OCH3 is 1. The Labute approximate surface area is 188 Å². The molecule has 0 fully saturated rings. The van der Waals surface area contributed by atoms with Gasteiger partial charge >= 0.3 is 0 Å². The summed E-state index contributed by atoms with van der Waals surface area (Å²) in [4.78, 5) is 14.9. The molecule has 2 aromatic rings. The SMILES string of the molecule is CCCCS(=O)(=O)N(CCOC)CC(=O)N(Cc1ccc2c(c1)OCO2)Cc1ccco1. The van der Waals surface area contributed by atoms with Gasteiger partial charge in [-0.05, 0) is 36.2 Å². The molecule has 32 heavy (non-hydrogen) atoms. The molecular weight excluding hydrogens is 436 g/mol. The minimum Gasteiger partial charge on any atom is -0.467 e. The second-order valence-electron chi connectivity index (χ2n) is 7.51. The number of fused-ring (bicyclic) bond motifs is 1. The number of carbonyl (C=O) groups is 1. The van der Waals surface area contributed by atoms with Crippen LogP contribution in [0.5, 0.6) is 11.5 Å². The number of hydrogen-bond donors (Lipinski definition) is 0. The van der Waals surface area contributed by atoms with Crippen molar-refractivity contribution >= 4 is 15.9 Å². The Hall–Kier alpha value is -2.56. The maximum absolute atomic E-state index is 13.3. The van der Waals surface area contributed by atoms with Crippen LogP contribution in [0.2, 0.25) is 0 Å². The molecule has 0 atom stereocenters. The molecule has 3 rings (SSSR count). The number of sulfonamides is 1. The van der Waals surface area contributed by atoms with E-state index in [9.17, 15) is 13.2 Å². The van der Waals surface area contributed by atoms with Crippen LogP contribution in [0.25, 0.3) is 0 Å². The van der Waals surface area contributed by atoms with Crippen LogP contribution in [0.3, 0.4) is 0 Å². The number of amides is 1. The minimum absolute atomic E-state index is 0.000832. The van der Waals surface area contributed by atoms with E-state index in [2.05, 4.69) is 0 Å². The molecule has 0 radical (unpaired) electrons. The van der Waals surface area contributed by atoms with Gasteiger partial charge in [-0.3, -0.25) is 4.79 Å². The van der Waals surface area contributed by atoms with Crippen molar-refractivity contribution in [2.24, 2.45) is 0 Å². The smallest absolute Gasteiger partial charge is 0.238 e. The normalized spacial score (nSPS) is 13.0. The highest BCUT2D eigenvalue weighted by Gasteiger charge is 2.27. The second-order valence-corrected chi connectivity index (χ2v) is 9.60. The van der Waals surface area contributed by atoms with Crippen LogP contribution < -0.4 is 9.47 Å². The molecule has 176 valence electrons. The number of unbranched alkanes of at least 4 members (excludes halogenated alkanes) is 1. The van der Waals surface area contributed by atoms with Crippen molar-refractivity contribution in [3.63, 3.8) is 0 Å². The molecule has 0 unspecified atom stereocenters. The van der Waals surface area contributed by atoms with Crippen LogP contribution in [-0.4, -0.2) is 62.9 Å². The van der Waals surface area contributed by atoms with Crippen molar-refractivity contribution in [2.45, 2.75) is 32.9 Å². The molecule has 0 saturated carbocycles. The Balaban J connectivity index is 1.78. The number of rotatable bonds is 13. The van der Waals surface area contributed by atoms with Crippen LogP contribution in [0, 0.1) is 0 Å². The van der Waals surface area contributed by atoms with E-state index in [1.165, 1.54) is 11.4 Å². The molecule has 0 N–H and O–H groups in total. The summed E-state index contributed by atoms with van der Waals surface area (Å²) in [7, 11) is -2.08. The molecule has 10 heteroatoms. The summed E-state index contributed by atoms with van der Waals surface area (Å²) in [5.41, 5.74) is 0.839. The highest BCUT2D eigenvalue weighted by molar-refractivity contribution is 7.89. The van der Waals surface area contributed by atoms with Gasteiger partial charge in [0.2, 0.25) is 22.7 Å². The summed E-state index contributed by atoms with van der Waals surface area (Å²) in [6.45, 7) is 2.64. The van der Waals surface area contributed by atoms with Gasteiger partial charge in [-0.25, -0.2) is 8.42 Å². The fourth-order valence-electron chi connectivity index (χ4n) is 3.30. The monoisotopic (exact) mass is 466 g/mol. The van der Waals surface area contributed by atoms with Gasteiger partial charge in [0.25, 0.3) is 0 Å². The molecule has 0 aliphatic carbocycles. The van der Waals surface area contributed by atoms with Gasteiger partial charge in [-0.15, -0.1) is 0 Å². The standard InChI is InChI=1S/C22H30N2O7S/c1-3-4-12-32(26,27)24(9-11-28-2)16-22(25)23(15-19-6-5-10-29-19)14-18-7-8-20-21(13-18)31-17-30-20/h5-8,10,13H,3-4,9,11-12,14-17H2,1-2H3. The molecule has 1 aliphatic rings. The van der Waals surface area contributed by atoms with E-state index in [1.54, 1.807) is 29.4 Å². The first-order valence-corrected chi connectivity index (χ1v) is 12.2. The van der Waals surface area contributed by atoms with E-state index in [4.69, 9.17) is 18.6 Å². The summed E-state index contributed by atoms with van der Waals surface area (Å²) in [5.74, 6) is 1.56. The van der Waals surface area contributed by atoms with Crippen LogP contribution in [0.1, 0.15) is 31.1 Å². The minimum atomic E-state index is -3.58. The Morgan fingerprint density at radius 1 is 1.16 bits per heavy atom. The number of carbonyl (C=O) groups excluding carboxylic acids is 1. The first-order valence-electron chi connectivity index (χ1n) is 10.6. The third-order valence-electron chi connectivity index (χ3n) is 5.10. The topological polar surface area (TPSA) is 98.5 Å². The largest absolute Gasteiger partial charge is 0.467 e. The molecule has 0 bridgehead atoms. The van der Waals surface area contributed by atoms with Gasteiger partial charge in [0.1, 0.15) is 5.76 Å². The Morgan fingerprint density at radius 3 is 2.69 bits per heavy atom. The lowest BCUT2D eigenvalue weighted by Crippen LogP contribution is -2.44. The van der Waals surface area contributed by atoms with Gasteiger partial charge in [-0.1, -0.05) is 19.4 Å². The van der Waals surface area contributed by atoms with Crippen molar-refractivity contribution in [1.29, 1.82) is 0 Å². The first kappa shape index (κ1) is 24.1. The number of nitrogens with zero attached hydrogens (tertiary/aromatic N) is 2. The zero-order valence-electron chi connectivity index (χ0n) is 18.5. The average molecular weight is 467 g/mol. The summed E-state index contributed by atoms with van der Waals surface area (Å²) in [6, 6.07) is 9.01. The second kappa shape index (κ2) is 11.3. The maximum Gasteiger partial charge on any atom is 0.238 e. The van der Waals surface area contributed by atoms with Gasteiger partial charge in [-0.2, -0.15) is 4.31 Å². The van der Waals surface area contributed by atoms with Crippen molar-refractivity contribution < 1.29 is 31.8 Å². The quantitative estimate of drug-likeness (QED) is 0.447. The lowest BCUT2D eigenvalue weighted by atomic mass is 10.2. The summed E-state index contributed by atoms with van der Waals surface area (Å²) < 4.78 is 48.1. The molecule has 1 aliphatic heterocycles. The van der Waals surface area contributed by atoms with Crippen LogP contribution in [0.4, 0.5) is 0 Å². The zero-order valence-corrected chi connectivity index (χ0v) is 19.3. The maximum atomic E-state index is 13.3. The summed E-state index contributed by atoms with van der Waals surface area (Å²) in [5, 5.41) is 0. The summed E-state index contributed by atoms with van der Waals surface area (Å²) >= 11 is 0. The number of furan rings is 1. The fourth-order valence-corrected chi connectivity index (χ4v) is 4.87. The van der Waals surface area contributed by atoms with E-state index in [-0.39, 0.29) is 51.2 Å². The molecule has 0 spiro atoms. The zero-order chi connectivity index (χ0) is 23.0. The average Bonchev–Trinajstić information content (AvgIpc) is 3.46. The van der Waals surface area contributed by atoms with Gasteiger partial charge in [0.15, 0.2) is 11.5 Å². The van der Waals surface area contributed by atoms with Gasteiger partial charge < -0.3 is 23.5 Å². The molecular formula is C22H30N2O7S. The molecule has 1 aromatic carbocycles. The number of hydrogen-bond acceptors (Lipinski definition) is 7. The highest BCUT2D eigenvalue weighted by atomic mass is 32.2. The summed E-state index contributed by atoms with van der Waals surface area (Å²) in [6.07, 6.45) is 2.83. The van der Waals surface area contributed by atoms with Crippen molar-refractivity contribution in [1.82, 2.24) is 9.21 Å². The molecule has 9 nitrogen and oxygen atoms in total.